The molecule has 1 N–H and O–H groups in total. The molecule has 0 amide bonds. The van der Waals surface area contributed by atoms with Crippen molar-refractivity contribution < 1.29 is 5.11 Å². The summed E-state index contributed by atoms with van der Waals surface area (Å²) in [6.07, 6.45) is 1.95. The molecular formula is C15H12BrNOS. The Morgan fingerprint density at radius 1 is 1.16 bits per heavy atom. The first-order valence-corrected chi connectivity index (χ1v) is 7.64. The van der Waals surface area contributed by atoms with Crippen LogP contribution in [-0.2, 0) is 6.42 Å². The van der Waals surface area contributed by atoms with Crippen LogP contribution in [0, 0.1) is 0 Å². The summed E-state index contributed by atoms with van der Waals surface area (Å²) >= 11 is 5.04. The second kappa shape index (κ2) is 5.41. The van der Waals surface area contributed by atoms with Crippen LogP contribution >= 0.6 is 27.3 Å². The van der Waals surface area contributed by atoms with Crippen LogP contribution in [0.4, 0.5) is 0 Å². The van der Waals surface area contributed by atoms with Crippen molar-refractivity contribution in [2.24, 2.45) is 0 Å². The highest BCUT2D eigenvalue weighted by atomic mass is 79.9. The molecule has 3 aromatic rings. The molecule has 4 heteroatoms. The van der Waals surface area contributed by atoms with E-state index in [1.54, 1.807) is 16.8 Å². The zero-order valence-electron chi connectivity index (χ0n) is 10.1. The second-order valence-electron chi connectivity index (χ2n) is 4.44. The standard InChI is InChI=1S/C15H12BrNOS/c16-13-4-3-10-5-12(2-1-11(10)6-13)15(18)7-14-8-17-9-19-14/h1-6,8-9,15,18H,7H2. The molecule has 3 rings (SSSR count). The molecular weight excluding hydrogens is 322 g/mol. The zero-order chi connectivity index (χ0) is 13.2. The minimum atomic E-state index is -0.478. The van der Waals surface area contributed by atoms with Gasteiger partial charge in [-0.05, 0) is 34.5 Å². The van der Waals surface area contributed by atoms with E-state index in [0.29, 0.717) is 6.42 Å². The quantitative estimate of drug-likeness (QED) is 0.773. The Labute approximate surface area is 123 Å². The molecule has 96 valence electrons. The zero-order valence-corrected chi connectivity index (χ0v) is 12.5. The van der Waals surface area contributed by atoms with E-state index in [1.807, 2.05) is 30.5 Å². The van der Waals surface area contributed by atoms with Gasteiger partial charge in [-0.15, -0.1) is 11.3 Å². The van der Waals surface area contributed by atoms with Gasteiger partial charge in [0.05, 0.1) is 11.6 Å². The maximum Gasteiger partial charge on any atom is 0.0839 e. The molecule has 2 aromatic carbocycles. The van der Waals surface area contributed by atoms with Gasteiger partial charge in [0.15, 0.2) is 0 Å². The summed E-state index contributed by atoms with van der Waals surface area (Å²) in [5, 5.41) is 12.6. The molecule has 0 radical (unpaired) electrons. The lowest BCUT2D eigenvalue weighted by Gasteiger charge is -2.10. The van der Waals surface area contributed by atoms with Gasteiger partial charge in [0, 0.05) is 22.0 Å². The number of aliphatic hydroxyl groups is 1. The van der Waals surface area contributed by atoms with E-state index in [1.165, 1.54) is 5.39 Å². The fourth-order valence-electron chi connectivity index (χ4n) is 2.09. The van der Waals surface area contributed by atoms with Gasteiger partial charge in [0.2, 0.25) is 0 Å². The number of hydrogen-bond acceptors (Lipinski definition) is 3. The topological polar surface area (TPSA) is 33.1 Å². The van der Waals surface area contributed by atoms with Gasteiger partial charge >= 0.3 is 0 Å². The second-order valence-corrected chi connectivity index (χ2v) is 6.33. The summed E-state index contributed by atoms with van der Waals surface area (Å²) in [6, 6.07) is 12.2. The molecule has 0 aliphatic rings. The van der Waals surface area contributed by atoms with Gasteiger partial charge in [-0.25, -0.2) is 0 Å². The van der Waals surface area contributed by atoms with Gasteiger partial charge in [0.25, 0.3) is 0 Å². The van der Waals surface area contributed by atoms with Crippen LogP contribution in [0.1, 0.15) is 16.5 Å². The minimum Gasteiger partial charge on any atom is -0.388 e. The number of benzene rings is 2. The molecule has 2 nitrogen and oxygen atoms in total. The molecule has 0 aliphatic carbocycles. The van der Waals surface area contributed by atoms with Crippen molar-refractivity contribution in [3.63, 3.8) is 0 Å². The first-order chi connectivity index (χ1) is 9.22. The van der Waals surface area contributed by atoms with Crippen LogP contribution in [0.2, 0.25) is 0 Å². The molecule has 1 aromatic heterocycles. The molecule has 0 fully saturated rings. The van der Waals surface area contributed by atoms with Crippen LogP contribution in [0.25, 0.3) is 10.8 Å². The number of fused-ring (bicyclic) bond motifs is 1. The number of nitrogens with zero attached hydrogens (tertiary/aromatic N) is 1. The number of aromatic nitrogens is 1. The van der Waals surface area contributed by atoms with Crippen LogP contribution in [0.3, 0.4) is 0 Å². The highest BCUT2D eigenvalue weighted by Crippen LogP contribution is 2.26. The van der Waals surface area contributed by atoms with E-state index in [0.717, 1.165) is 20.3 Å². The predicted molar refractivity (Wildman–Crippen MR) is 82.4 cm³/mol. The largest absolute Gasteiger partial charge is 0.388 e. The van der Waals surface area contributed by atoms with Crippen molar-refractivity contribution in [1.82, 2.24) is 4.98 Å². The van der Waals surface area contributed by atoms with E-state index in [2.05, 4.69) is 33.0 Å². The monoisotopic (exact) mass is 333 g/mol. The minimum absolute atomic E-state index is 0.478. The maximum atomic E-state index is 10.3. The molecule has 1 heterocycles. The number of hydrogen-bond donors (Lipinski definition) is 1. The van der Waals surface area contributed by atoms with Crippen molar-refractivity contribution in [2.45, 2.75) is 12.5 Å². The summed E-state index contributed by atoms with van der Waals surface area (Å²) in [5.74, 6) is 0. The SMILES string of the molecule is OC(Cc1cncs1)c1ccc2cc(Br)ccc2c1. The summed E-state index contributed by atoms with van der Waals surface area (Å²) in [5.41, 5.74) is 2.74. The first kappa shape index (κ1) is 12.8. The Morgan fingerprint density at radius 3 is 2.74 bits per heavy atom. The van der Waals surface area contributed by atoms with E-state index in [4.69, 9.17) is 0 Å². The Hall–Kier alpha value is -1.23. The summed E-state index contributed by atoms with van der Waals surface area (Å²) in [6.45, 7) is 0. The summed E-state index contributed by atoms with van der Waals surface area (Å²) in [4.78, 5) is 5.13. The third kappa shape index (κ3) is 2.86. The summed E-state index contributed by atoms with van der Waals surface area (Å²) < 4.78 is 1.07. The van der Waals surface area contributed by atoms with E-state index in [9.17, 15) is 5.11 Å². The molecule has 0 aliphatic heterocycles. The van der Waals surface area contributed by atoms with Gasteiger partial charge in [0.1, 0.15) is 0 Å². The van der Waals surface area contributed by atoms with E-state index in [-0.39, 0.29) is 0 Å². The Morgan fingerprint density at radius 2 is 1.95 bits per heavy atom. The van der Waals surface area contributed by atoms with Gasteiger partial charge in [-0.1, -0.05) is 34.1 Å². The van der Waals surface area contributed by atoms with Gasteiger partial charge < -0.3 is 5.11 Å². The lowest BCUT2D eigenvalue weighted by molar-refractivity contribution is 0.179. The molecule has 19 heavy (non-hydrogen) atoms. The van der Waals surface area contributed by atoms with Crippen LogP contribution in [-0.4, -0.2) is 10.1 Å². The Bertz CT molecular complexity index is 696. The normalized spacial score (nSPS) is 12.7. The van der Waals surface area contributed by atoms with Crippen molar-refractivity contribution in [2.75, 3.05) is 0 Å². The highest BCUT2D eigenvalue weighted by molar-refractivity contribution is 9.10. The van der Waals surface area contributed by atoms with Gasteiger partial charge in [-0.2, -0.15) is 0 Å². The van der Waals surface area contributed by atoms with Crippen LogP contribution in [0.15, 0.2) is 52.6 Å². The fraction of sp³-hybridized carbons (Fsp3) is 0.133. The highest BCUT2D eigenvalue weighted by Gasteiger charge is 2.10. The van der Waals surface area contributed by atoms with Crippen molar-refractivity contribution >= 4 is 38.0 Å². The first-order valence-electron chi connectivity index (χ1n) is 5.97. The molecule has 1 atom stereocenters. The van der Waals surface area contributed by atoms with E-state index < -0.39 is 6.10 Å². The number of rotatable bonds is 3. The molecule has 0 spiro atoms. The predicted octanol–water partition coefficient (Wildman–Crippen LogP) is 4.33. The number of halogens is 1. The van der Waals surface area contributed by atoms with Crippen molar-refractivity contribution in [1.29, 1.82) is 0 Å². The third-order valence-corrected chi connectivity index (χ3v) is 4.38. The molecule has 0 saturated heterocycles. The maximum absolute atomic E-state index is 10.3. The Kier molecular flexibility index (Phi) is 3.64. The van der Waals surface area contributed by atoms with Crippen LogP contribution < -0.4 is 0 Å². The lowest BCUT2D eigenvalue weighted by Crippen LogP contribution is -2.00. The number of thiazole rings is 1. The lowest BCUT2D eigenvalue weighted by atomic mass is 10.0. The smallest absolute Gasteiger partial charge is 0.0839 e. The summed E-state index contributed by atoms with van der Waals surface area (Å²) in [7, 11) is 0. The van der Waals surface area contributed by atoms with Gasteiger partial charge in [-0.3, -0.25) is 4.98 Å². The Balaban J connectivity index is 1.90. The fourth-order valence-corrected chi connectivity index (χ4v) is 3.11. The van der Waals surface area contributed by atoms with Crippen molar-refractivity contribution in [3.8, 4) is 0 Å². The number of aliphatic hydroxyl groups excluding tert-OH is 1. The van der Waals surface area contributed by atoms with Crippen molar-refractivity contribution in [3.05, 3.63) is 63.0 Å². The molecule has 0 bridgehead atoms. The molecule has 0 saturated carbocycles. The third-order valence-electron chi connectivity index (χ3n) is 3.09. The molecule has 1 unspecified atom stereocenters. The average molecular weight is 334 g/mol. The van der Waals surface area contributed by atoms with Crippen LogP contribution in [0.5, 0.6) is 0 Å². The average Bonchev–Trinajstić information content (AvgIpc) is 2.91. The van der Waals surface area contributed by atoms with E-state index >= 15 is 0 Å².